The van der Waals surface area contributed by atoms with Crippen molar-refractivity contribution in [1.82, 2.24) is 5.32 Å². The van der Waals surface area contributed by atoms with Gasteiger partial charge in [-0.25, -0.2) is 0 Å². The maximum absolute atomic E-state index is 11.3. The van der Waals surface area contributed by atoms with Crippen molar-refractivity contribution >= 4 is 11.8 Å². The van der Waals surface area contributed by atoms with Crippen molar-refractivity contribution in [3.05, 3.63) is 12.7 Å². The molecule has 0 unspecified atom stereocenters. The van der Waals surface area contributed by atoms with Gasteiger partial charge < -0.3 is 15.8 Å². The van der Waals surface area contributed by atoms with Crippen LogP contribution in [0.25, 0.3) is 0 Å². The molecular formula is C11H20N2O3. The molecule has 0 aromatic rings. The molecule has 3 N–H and O–H groups in total. The number of ether oxygens (including phenoxy) is 1. The van der Waals surface area contributed by atoms with Crippen LogP contribution < -0.4 is 11.1 Å². The average Bonchev–Trinajstić information content (AvgIpc) is 2.25. The summed E-state index contributed by atoms with van der Waals surface area (Å²) in [5, 5.41) is 2.54. The maximum atomic E-state index is 11.3. The van der Waals surface area contributed by atoms with Crippen LogP contribution in [0.1, 0.15) is 26.2 Å². The second-order valence-corrected chi connectivity index (χ2v) is 3.38. The standard InChI is InChI=1S/C11H20N2O3/c1-3-5-6-7-9(11(12)15)13-10(14)8-16-4-2/h3,9H,1,4-8H2,2H3,(H2,12,15)(H,13,14)/t9-/m1/s1. The summed E-state index contributed by atoms with van der Waals surface area (Å²) in [7, 11) is 0. The van der Waals surface area contributed by atoms with Crippen molar-refractivity contribution in [2.45, 2.75) is 32.2 Å². The molecule has 0 fully saturated rings. The van der Waals surface area contributed by atoms with Crippen LogP contribution in [0.4, 0.5) is 0 Å². The van der Waals surface area contributed by atoms with Gasteiger partial charge in [-0.3, -0.25) is 9.59 Å². The minimum Gasteiger partial charge on any atom is -0.372 e. The highest BCUT2D eigenvalue weighted by molar-refractivity contribution is 5.86. The first-order valence-electron chi connectivity index (χ1n) is 5.39. The largest absolute Gasteiger partial charge is 0.372 e. The molecule has 16 heavy (non-hydrogen) atoms. The van der Waals surface area contributed by atoms with Gasteiger partial charge in [-0.2, -0.15) is 0 Å². The number of carbonyl (C=O) groups is 2. The normalized spacial score (nSPS) is 11.8. The molecule has 5 heteroatoms. The Kier molecular flexibility index (Phi) is 8.15. The van der Waals surface area contributed by atoms with Gasteiger partial charge in [-0.1, -0.05) is 6.08 Å². The highest BCUT2D eigenvalue weighted by atomic mass is 16.5. The molecule has 0 radical (unpaired) electrons. The molecule has 0 aliphatic rings. The van der Waals surface area contributed by atoms with Crippen LogP contribution in [-0.4, -0.2) is 31.1 Å². The summed E-state index contributed by atoms with van der Waals surface area (Å²) in [6.07, 6.45) is 3.86. The predicted octanol–water partition coefficient (Wildman–Crippen LogP) is 0.349. The number of hydrogen-bond acceptors (Lipinski definition) is 3. The van der Waals surface area contributed by atoms with Crippen LogP contribution in [0.5, 0.6) is 0 Å². The summed E-state index contributed by atoms with van der Waals surface area (Å²) in [4.78, 5) is 22.3. The van der Waals surface area contributed by atoms with Crippen molar-refractivity contribution < 1.29 is 14.3 Å². The molecule has 1 atom stereocenters. The number of allylic oxidation sites excluding steroid dienone is 1. The Balaban J connectivity index is 3.96. The van der Waals surface area contributed by atoms with E-state index >= 15 is 0 Å². The smallest absolute Gasteiger partial charge is 0.246 e. The minimum absolute atomic E-state index is 0.0399. The minimum atomic E-state index is -0.618. The Hall–Kier alpha value is -1.36. The summed E-state index contributed by atoms with van der Waals surface area (Å²) < 4.78 is 4.92. The van der Waals surface area contributed by atoms with E-state index in [1.807, 2.05) is 0 Å². The molecule has 0 aromatic heterocycles. The molecule has 0 bridgehead atoms. The second-order valence-electron chi connectivity index (χ2n) is 3.38. The van der Waals surface area contributed by atoms with E-state index in [1.54, 1.807) is 13.0 Å². The van der Waals surface area contributed by atoms with Crippen molar-refractivity contribution in [2.24, 2.45) is 5.73 Å². The molecule has 0 aliphatic carbocycles. The second kappa shape index (κ2) is 8.91. The van der Waals surface area contributed by atoms with Crippen LogP contribution in [-0.2, 0) is 14.3 Å². The average molecular weight is 228 g/mol. The lowest BCUT2D eigenvalue weighted by atomic mass is 10.1. The Bertz CT molecular complexity index is 241. The Labute approximate surface area is 96.0 Å². The van der Waals surface area contributed by atoms with Gasteiger partial charge in [0.15, 0.2) is 0 Å². The van der Waals surface area contributed by atoms with Gasteiger partial charge in [0, 0.05) is 6.61 Å². The molecular weight excluding hydrogens is 208 g/mol. The highest BCUT2D eigenvalue weighted by Crippen LogP contribution is 2.01. The number of carbonyl (C=O) groups excluding carboxylic acids is 2. The lowest BCUT2D eigenvalue weighted by Crippen LogP contribution is -2.45. The number of amides is 2. The SMILES string of the molecule is C=CCCC[C@@H](NC(=O)COCC)C(N)=O. The van der Waals surface area contributed by atoms with E-state index in [1.165, 1.54) is 0 Å². The summed E-state index contributed by atoms with van der Waals surface area (Å²) in [5.74, 6) is -0.835. The first-order valence-corrected chi connectivity index (χ1v) is 5.39. The van der Waals surface area contributed by atoms with Gasteiger partial charge in [0.2, 0.25) is 11.8 Å². The van der Waals surface area contributed by atoms with E-state index in [0.29, 0.717) is 13.0 Å². The fourth-order valence-electron chi connectivity index (χ4n) is 1.18. The fraction of sp³-hybridized carbons (Fsp3) is 0.636. The van der Waals surface area contributed by atoms with Crippen molar-refractivity contribution in [3.63, 3.8) is 0 Å². The topological polar surface area (TPSA) is 81.4 Å². The third-order valence-electron chi connectivity index (χ3n) is 2.02. The molecule has 0 rings (SSSR count). The van der Waals surface area contributed by atoms with E-state index in [0.717, 1.165) is 12.8 Å². The van der Waals surface area contributed by atoms with E-state index < -0.39 is 11.9 Å². The lowest BCUT2D eigenvalue weighted by molar-refractivity contribution is -0.130. The van der Waals surface area contributed by atoms with Crippen LogP contribution in [0.3, 0.4) is 0 Å². The third kappa shape index (κ3) is 7.00. The van der Waals surface area contributed by atoms with Gasteiger partial charge in [-0.15, -0.1) is 6.58 Å². The van der Waals surface area contributed by atoms with Crippen molar-refractivity contribution in [2.75, 3.05) is 13.2 Å². The van der Waals surface area contributed by atoms with Crippen LogP contribution in [0, 0.1) is 0 Å². The van der Waals surface area contributed by atoms with E-state index in [2.05, 4.69) is 11.9 Å². The number of unbranched alkanes of at least 4 members (excludes halogenated alkanes) is 1. The molecule has 0 aliphatic heterocycles. The van der Waals surface area contributed by atoms with Gasteiger partial charge in [0.1, 0.15) is 12.6 Å². The number of primary amides is 1. The molecule has 0 spiro atoms. The summed E-state index contributed by atoms with van der Waals surface area (Å²) in [6.45, 7) is 5.80. The molecule has 0 saturated carbocycles. The maximum Gasteiger partial charge on any atom is 0.246 e. The molecule has 0 saturated heterocycles. The highest BCUT2D eigenvalue weighted by Gasteiger charge is 2.16. The molecule has 5 nitrogen and oxygen atoms in total. The number of hydrogen-bond donors (Lipinski definition) is 2. The molecule has 92 valence electrons. The number of nitrogens with one attached hydrogen (secondary N) is 1. The summed E-state index contributed by atoms with van der Waals surface area (Å²) in [5.41, 5.74) is 5.18. The first kappa shape index (κ1) is 14.6. The van der Waals surface area contributed by atoms with Crippen molar-refractivity contribution in [3.8, 4) is 0 Å². The third-order valence-corrected chi connectivity index (χ3v) is 2.02. The zero-order valence-corrected chi connectivity index (χ0v) is 9.70. The monoisotopic (exact) mass is 228 g/mol. The van der Waals surface area contributed by atoms with Gasteiger partial charge >= 0.3 is 0 Å². The van der Waals surface area contributed by atoms with Gasteiger partial charge in [-0.05, 0) is 26.2 Å². The zero-order valence-electron chi connectivity index (χ0n) is 9.70. The Morgan fingerprint density at radius 2 is 2.25 bits per heavy atom. The summed E-state index contributed by atoms with van der Waals surface area (Å²) in [6, 6.07) is -0.618. The van der Waals surface area contributed by atoms with E-state index in [9.17, 15) is 9.59 Å². The van der Waals surface area contributed by atoms with Crippen LogP contribution in [0.2, 0.25) is 0 Å². The Morgan fingerprint density at radius 1 is 1.56 bits per heavy atom. The van der Waals surface area contributed by atoms with E-state index in [4.69, 9.17) is 10.5 Å². The molecule has 2 amide bonds. The molecule has 0 aromatic carbocycles. The van der Waals surface area contributed by atoms with Crippen LogP contribution in [0.15, 0.2) is 12.7 Å². The zero-order chi connectivity index (χ0) is 12.4. The molecule has 0 heterocycles. The van der Waals surface area contributed by atoms with Crippen molar-refractivity contribution in [1.29, 1.82) is 0 Å². The van der Waals surface area contributed by atoms with Gasteiger partial charge in [0.05, 0.1) is 0 Å². The summed E-state index contributed by atoms with van der Waals surface area (Å²) >= 11 is 0. The quantitative estimate of drug-likeness (QED) is 0.441. The number of rotatable bonds is 9. The lowest BCUT2D eigenvalue weighted by Gasteiger charge is -2.14. The first-order chi connectivity index (χ1) is 7.61. The van der Waals surface area contributed by atoms with Crippen LogP contribution >= 0.6 is 0 Å². The number of nitrogens with two attached hydrogens (primary N) is 1. The van der Waals surface area contributed by atoms with Gasteiger partial charge in [0.25, 0.3) is 0 Å². The predicted molar refractivity (Wildman–Crippen MR) is 61.7 cm³/mol. The fourth-order valence-corrected chi connectivity index (χ4v) is 1.18. The van der Waals surface area contributed by atoms with E-state index in [-0.39, 0.29) is 12.5 Å². The Morgan fingerprint density at radius 3 is 2.75 bits per heavy atom.